The predicted octanol–water partition coefficient (Wildman–Crippen LogP) is 3.39. The van der Waals surface area contributed by atoms with E-state index in [2.05, 4.69) is 58.2 Å². The average molecular weight is 526 g/mol. The standard InChI is InChI=1S/C22H30N4O3.HI/c1-3-23-22(25-11-10-17-6-9-20-21(14-17)29-16-28-20)26-15-18-4-7-19(8-5-18)24-12-13-27-2;/h4-9,14,24H,3,10-13,15-16H2,1-2H3,(H2,23,25,26);1H. The predicted molar refractivity (Wildman–Crippen MR) is 131 cm³/mol. The molecule has 7 nitrogen and oxygen atoms in total. The van der Waals surface area contributed by atoms with Crippen molar-refractivity contribution in [3.8, 4) is 11.5 Å². The minimum atomic E-state index is 0. The monoisotopic (exact) mass is 526 g/mol. The van der Waals surface area contributed by atoms with Gasteiger partial charge in [-0.05, 0) is 48.7 Å². The third kappa shape index (κ3) is 7.56. The Morgan fingerprint density at radius 2 is 1.77 bits per heavy atom. The summed E-state index contributed by atoms with van der Waals surface area (Å²) >= 11 is 0. The summed E-state index contributed by atoms with van der Waals surface area (Å²) < 4.78 is 15.8. The summed E-state index contributed by atoms with van der Waals surface area (Å²) in [6.07, 6.45) is 0.878. The van der Waals surface area contributed by atoms with Crippen molar-refractivity contribution in [3.05, 3.63) is 53.6 Å². The summed E-state index contributed by atoms with van der Waals surface area (Å²) in [4.78, 5) is 4.69. The minimum absolute atomic E-state index is 0. The number of anilines is 1. The molecule has 0 amide bonds. The Labute approximate surface area is 195 Å². The van der Waals surface area contributed by atoms with Crippen LogP contribution in [0.3, 0.4) is 0 Å². The number of ether oxygens (including phenoxy) is 3. The summed E-state index contributed by atoms with van der Waals surface area (Å²) in [6.45, 7) is 6.08. The molecule has 0 saturated heterocycles. The van der Waals surface area contributed by atoms with Crippen LogP contribution >= 0.6 is 24.0 Å². The van der Waals surface area contributed by atoms with Crippen LogP contribution in [0, 0.1) is 0 Å². The van der Waals surface area contributed by atoms with E-state index in [0.717, 1.165) is 54.8 Å². The molecule has 0 aliphatic carbocycles. The highest BCUT2D eigenvalue weighted by atomic mass is 127. The highest BCUT2D eigenvalue weighted by molar-refractivity contribution is 14.0. The maximum Gasteiger partial charge on any atom is 0.231 e. The van der Waals surface area contributed by atoms with Gasteiger partial charge in [-0.1, -0.05) is 18.2 Å². The van der Waals surface area contributed by atoms with Crippen LogP contribution in [0.15, 0.2) is 47.5 Å². The molecular formula is C22H31IN4O3. The van der Waals surface area contributed by atoms with Crippen LogP contribution in [0.4, 0.5) is 5.69 Å². The van der Waals surface area contributed by atoms with E-state index in [9.17, 15) is 0 Å². The summed E-state index contributed by atoms with van der Waals surface area (Å²) in [5.41, 5.74) is 3.45. The molecule has 0 saturated carbocycles. The van der Waals surface area contributed by atoms with E-state index in [4.69, 9.17) is 14.2 Å². The quantitative estimate of drug-likeness (QED) is 0.191. The fourth-order valence-electron chi connectivity index (χ4n) is 2.96. The molecule has 0 spiro atoms. The van der Waals surface area contributed by atoms with E-state index >= 15 is 0 Å². The molecule has 0 radical (unpaired) electrons. The third-order valence-corrected chi connectivity index (χ3v) is 4.50. The van der Waals surface area contributed by atoms with Crippen molar-refractivity contribution in [2.75, 3.05) is 45.5 Å². The highest BCUT2D eigenvalue weighted by Crippen LogP contribution is 2.32. The van der Waals surface area contributed by atoms with E-state index < -0.39 is 0 Å². The molecule has 3 rings (SSSR count). The molecular weight excluding hydrogens is 495 g/mol. The number of hydrogen-bond acceptors (Lipinski definition) is 5. The van der Waals surface area contributed by atoms with Gasteiger partial charge in [-0.2, -0.15) is 0 Å². The van der Waals surface area contributed by atoms with E-state index in [1.165, 1.54) is 5.56 Å². The number of fused-ring (bicyclic) bond motifs is 1. The molecule has 0 aromatic heterocycles. The van der Waals surface area contributed by atoms with Crippen LogP contribution in [0.25, 0.3) is 0 Å². The first kappa shape index (κ1) is 24.1. The zero-order valence-corrected chi connectivity index (χ0v) is 19.9. The first-order valence-corrected chi connectivity index (χ1v) is 10.0. The summed E-state index contributed by atoms with van der Waals surface area (Å²) in [6, 6.07) is 14.4. The smallest absolute Gasteiger partial charge is 0.231 e. The van der Waals surface area contributed by atoms with E-state index in [1.54, 1.807) is 7.11 Å². The van der Waals surface area contributed by atoms with Crippen LogP contribution in [-0.4, -0.2) is 46.1 Å². The lowest BCUT2D eigenvalue weighted by atomic mass is 10.1. The van der Waals surface area contributed by atoms with Gasteiger partial charge in [0.1, 0.15) is 0 Å². The molecule has 1 heterocycles. The molecule has 164 valence electrons. The number of halogens is 1. The van der Waals surface area contributed by atoms with Gasteiger partial charge >= 0.3 is 0 Å². The second-order valence-corrected chi connectivity index (χ2v) is 6.68. The maximum atomic E-state index is 5.44. The Bertz CT molecular complexity index is 799. The van der Waals surface area contributed by atoms with Crippen molar-refractivity contribution in [1.82, 2.24) is 10.6 Å². The normalized spacial score (nSPS) is 12.3. The fourth-order valence-corrected chi connectivity index (χ4v) is 2.96. The van der Waals surface area contributed by atoms with Crippen molar-refractivity contribution in [1.29, 1.82) is 0 Å². The number of aliphatic imine (C=N–C) groups is 1. The van der Waals surface area contributed by atoms with Crippen LogP contribution in [0.5, 0.6) is 11.5 Å². The highest BCUT2D eigenvalue weighted by Gasteiger charge is 2.12. The number of guanidine groups is 1. The molecule has 3 N–H and O–H groups in total. The Hall–Kier alpha value is -2.20. The summed E-state index contributed by atoms with van der Waals surface area (Å²) in [5.74, 6) is 2.45. The van der Waals surface area contributed by atoms with Gasteiger partial charge in [0, 0.05) is 32.4 Å². The largest absolute Gasteiger partial charge is 0.454 e. The first-order valence-electron chi connectivity index (χ1n) is 10.0. The lowest BCUT2D eigenvalue weighted by Crippen LogP contribution is -2.38. The summed E-state index contributed by atoms with van der Waals surface area (Å²) in [7, 11) is 1.70. The van der Waals surface area contributed by atoms with Crippen molar-refractivity contribution >= 4 is 35.6 Å². The fraction of sp³-hybridized carbons (Fsp3) is 0.409. The second kappa shape index (κ2) is 13.2. The molecule has 2 aromatic rings. The van der Waals surface area contributed by atoms with Gasteiger partial charge in [-0.3, -0.25) is 0 Å². The van der Waals surface area contributed by atoms with Gasteiger partial charge < -0.3 is 30.2 Å². The van der Waals surface area contributed by atoms with Gasteiger partial charge in [-0.25, -0.2) is 4.99 Å². The number of hydrogen-bond donors (Lipinski definition) is 3. The van der Waals surface area contributed by atoms with Gasteiger partial charge in [0.05, 0.1) is 13.2 Å². The van der Waals surface area contributed by atoms with Crippen LogP contribution in [0.1, 0.15) is 18.1 Å². The Balaban J connectivity index is 0.00000320. The molecule has 30 heavy (non-hydrogen) atoms. The van der Waals surface area contributed by atoms with Gasteiger partial charge in [0.25, 0.3) is 0 Å². The van der Waals surface area contributed by atoms with Gasteiger partial charge in [-0.15, -0.1) is 24.0 Å². The molecule has 0 fully saturated rings. The van der Waals surface area contributed by atoms with E-state index in [0.29, 0.717) is 19.9 Å². The van der Waals surface area contributed by atoms with Crippen LogP contribution < -0.4 is 25.4 Å². The zero-order chi connectivity index (χ0) is 20.3. The Morgan fingerprint density at radius 1 is 1.00 bits per heavy atom. The van der Waals surface area contributed by atoms with Crippen molar-refractivity contribution < 1.29 is 14.2 Å². The maximum absolute atomic E-state index is 5.44. The Kier molecular flexibility index (Phi) is 10.6. The number of rotatable bonds is 10. The van der Waals surface area contributed by atoms with Crippen LogP contribution in [0.2, 0.25) is 0 Å². The number of nitrogens with one attached hydrogen (secondary N) is 3. The molecule has 8 heteroatoms. The van der Waals surface area contributed by atoms with Crippen molar-refractivity contribution in [3.63, 3.8) is 0 Å². The lowest BCUT2D eigenvalue weighted by Gasteiger charge is -2.12. The molecule has 0 bridgehead atoms. The first-order chi connectivity index (χ1) is 14.3. The summed E-state index contributed by atoms with van der Waals surface area (Å²) in [5, 5.41) is 10.0. The van der Waals surface area contributed by atoms with E-state index in [-0.39, 0.29) is 24.0 Å². The molecule has 1 aliphatic rings. The third-order valence-electron chi connectivity index (χ3n) is 4.50. The average Bonchev–Trinajstić information content (AvgIpc) is 3.21. The Morgan fingerprint density at radius 3 is 2.53 bits per heavy atom. The molecule has 2 aromatic carbocycles. The SMILES string of the molecule is CCNC(=NCc1ccc(NCCOC)cc1)NCCc1ccc2c(c1)OCO2.I. The lowest BCUT2D eigenvalue weighted by molar-refractivity contribution is 0.174. The molecule has 0 atom stereocenters. The zero-order valence-electron chi connectivity index (χ0n) is 17.6. The number of nitrogens with zero attached hydrogens (tertiary/aromatic N) is 1. The topological polar surface area (TPSA) is 76.1 Å². The van der Waals surface area contributed by atoms with Crippen molar-refractivity contribution in [2.45, 2.75) is 19.9 Å². The van der Waals surface area contributed by atoms with E-state index in [1.807, 2.05) is 12.1 Å². The van der Waals surface area contributed by atoms with Crippen LogP contribution in [-0.2, 0) is 17.7 Å². The number of benzene rings is 2. The molecule has 1 aliphatic heterocycles. The van der Waals surface area contributed by atoms with Crippen molar-refractivity contribution in [2.24, 2.45) is 4.99 Å². The molecule has 0 unspecified atom stereocenters. The minimum Gasteiger partial charge on any atom is -0.454 e. The number of methoxy groups -OCH3 is 1. The second-order valence-electron chi connectivity index (χ2n) is 6.68. The van der Waals surface area contributed by atoms with Gasteiger partial charge in [0.2, 0.25) is 6.79 Å². The van der Waals surface area contributed by atoms with Gasteiger partial charge in [0.15, 0.2) is 17.5 Å².